The molecule has 94 valence electrons. The van der Waals surface area contributed by atoms with Crippen molar-refractivity contribution in [3.8, 4) is 11.5 Å². The second-order valence-corrected chi connectivity index (χ2v) is 4.53. The van der Waals surface area contributed by atoms with E-state index in [-0.39, 0.29) is 0 Å². The van der Waals surface area contributed by atoms with E-state index in [0.717, 1.165) is 28.5 Å². The van der Waals surface area contributed by atoms with E-state index >= 15 is 0 Å². The summed E-state index contributed by atoms with van der Waals surface area (Å²) < 4.78 is 13.3. The van der Waals surface area contributed by atoms with E-state index in [4.69, 9.17) is 9.47 Å². The molecule has 4 nitrogen and oxygen atoms in total. The lowest BCUT2D eigenvalue weighted by atomic mass is 10.1. The molecule has 2 heterocycles. The minimum Gasteiger partial charge on any atom is -0.486 e. The zero-order chi connectivity index (χ0) is 12.5. The van der Waals surface area contributed by atoms with Crippen LogP contribution in [-0.2, 0) is 6.54 Å². The molecule has 1 aliphatic heterocycles. The number of benzene rings is 1. The van der Waals surface area contributed by atoms with Crippen molar-refractivity contribution in [2.24, 2.45) is 0 Å². The van der Waals surface area contributed by atoms with Crippen molar-refractivity contribution in [1.29, 1.82) is 0 Å². The lowest BCUT2D eigenvalue weighted by molar-refractivity contribution is 0.169. The molecule has 2 aromatic rings. The van der Waals surface area contributed by atoms with Gasteiger partial charge in [0.15, 0.2) is 11.5 Å². The Balaban J connectivity index is 1.95. The van der Waals surface area contributed by atoms with Crippen LogP contribution in [0.1, 0.15) is 17.0 Å². The number of rotatable bonds is 2. The maximum atomic E-state index is 5.71. The highest BCUT2D eigenvalue weighted by Crippen LogP contribution is 2.34. The maximum Gasteiger partial charge on any atom is 0.166 e. The molecular weight excluding hydrogens is 228 g/mol. The minimum atomic E-state index is 0.612. The molecule has 0 atom stereocenters. The Kier molecular flexibility index (Phi) is 2.70. The molecule has 0 saturated carbocycles. The quantitative estimate of drug-likeness (QED) is 0.813. The van der Waals surface area contributed by atoms with Crippen LogP contribution in [-0.4, -0.2) is 23.0 Å². The van der Waals surface area contributed by atoms with E-state index in [2.05, 4.69) is 24.2 Å². The molecule has 0 fully saturated rings. The molecule has 0 saturated heterocycles. The third-order valence-corrected chi connectivity index (χ3v) is 3.07. The van der Waals surface area contributed by atoms with Crippen LogP contribution in [0.4, 0.5) is 0 Å². The minimum absolute atomic E-state index is 0.612. The fraction of sp³-hybridized carbons (Fsp3) is 0.357. The largest absolute Gasteiger partial charge is 0.486 e. The first-order valence-corrected chi connectivity index (χ1v) is 6.12. The van der Waals surface area contributed by atoms with E-state index in [9.17, 15) is 0 Å². The summed E-state index contributed by atoms with van der Waals surface area (Å²) in [7, 11) is 0. The number of fused-ring (bicyclic) bond motifs is 1. The molecular formula is C14H16N2O2. The zero-order valence-electron chi connectivity index (χ0n) is 10.6. The van der Waals surface area contributed by atoms with Crippen molar-refractivity contribution in [2.75, 3.05) is 13.2 Å². The van der Waals surface area contributed by atoms with Crippen molar-refractivity contribution in [3.63, 3.8) is 0 Å². The van der Waals surface area contributed by atoms with Crippen LogP contribution in [0, 0.1) is 13.8 Å². The number of hydrogen-bond donors (Lipinski definition) is 0. The molecule has 0 aliphatic carbocycles. The Hall–Kier alpha value is -1.97. The summed E-state index contributed by atoms with van der Waals surface area (Å²) in [5, 5.41) is 4.47. The van der Waals surface area contributed by atoms with Crippen LogP contribution < -0.4 is 9.47 Å². The van der Waals surface area contributed by atoms with Gasteiger partial charge in [-0.25, -0.2) is 0 Å². The van der Waals surface area contributed by atoms with E-state index in [1.165, 1.54) is 0 Å². The first-order chi connectivity index (χ1) is 8.74. The van der Waals surface area contributed by atoms with Gasteiger partial charge in [0.1, 0.15) is 13.2 Å². The second-order valence-electron chi connectivity index (χ2n) is 4.53. The first-order valence-electron chi connectivity index (χ1n) is 6.12. The van der Waals surface area contributed by atoms with Crippen LogP contribution in [0.25, 0.3) is 0 Å². The Bertz CT molecular complexity index is 575. The second kappa shape index (κ2) is 4.37. The molecule has 18 heavy (non-hydrogen) atoms. The molecule has 1 aromatic carbocycles. The van der Waals surface area contributed by atoms with E-state index < -0.39 is 0 Å². The molecule has 3 rings (SSSR count). The zero-order valence-corrected chi connectivity index (χ0v) is 10.6. The maximum absolute atomic E-state index is 5.71. The summed E-state index contributed by atoms with van der Waals surface area (Å²) in [6, 6.07) is 8.07. The SMILES string of the molecule is Cc1cc(C)n(Cc2cccc3c2OCCO3)n1. The molecule has 0 unspecified atom stereocenters. The van der Waals surface area contributed by atoms with Gasteiger partial charge < -0.3 is 9.47 Å². The third kappa shape index (κ3) is 1.94. The molecule has 0 bridgehead atoms. The van der Waals surface area contributed by atoms with Crippen LogP contribution in [0.3, 0.4) is 0 Å². The Morgan fingerprint density at radius 2 is 2.06 bits per heavy atom. The van der Waals surface area contributed by atoms with Gasteiger partial charge in [0, 0.05) is 11.3 Å². The topological polar surface area (TPSA) is 36.3 Å². The average molecular weight is 244 g/mol. The number of hydrogen-bond acceptors (Lipinski definition) is 3. The van der Waals surface area contributed by atoms with Crippen LogP contribution >= 0.6 is 0 Å². The van der Waals surface area contributed by atoms with Crippen molar-refractivity contribution in [3.05, 3.63) is 41.2 Å². The predicted molar refractivity (Wildman–Crippen MR) is 68.2 cm³/mol. The molecule has 0 radical (unpaired) electrons. The number of ether oxygens (including phenoxy) is 2. The molecule has 4 heteroatoms. The summed E-state index contributed by atoms with van der Waals surface area (Å²) in [5.74, 6) is 1.69. The summed E-state index contributed by atoms with van der Waals surface area (Å²) in [6.07, 6.45) is 0. The molecule has 1 aliphatic rings. The van der Waals surface area contributed by atoms with Gasteiger partial charge in [0.25, 0.3) is 0 Å². The Labute approximate surface area is 106 Å². The molecule has 0 spiro atoms. The average Bonchev–Trinajstić information content (AvgIpc) is 2.68. The normalized spacial score (nSPS) is 13.7. The van der Waals surface area contributed by atoms with Gasteiger partial charge in [0.2, 0.25) is 0 Å². The third-order valence-electron chi connectivity index (χ3n) is 3.07. The highest BCUT2D eigenvalue weighted by Gasteiger charge is 2.16. The lowest BCUT2D eigenvalue weighted by Gasteiger charge is -2.21. The predicted octanol–water partition coefficient (Wildman–Crippen LogP) is 2.32. The van der Waals surface area contributed by atoms with Crippen LogP contribution in [0.5, 0.6) is 11.5 Å². The first kappa shape index (κ1) is 11.1. The van der Waals surface area contributed by atoms with Gasteiger partial charge in [-0.2, -0.15) is 5.10 Å². The Morgan fingerprint density at radius 3 is 2.83 bits per heavy atom. The van der Waals surface area contributed by atoms with Gasteiger partial charge in [0.05, 0.1) is 12.2 Å². The highest BCUT2D eigenvalue weighted by molar-refractivity contribution is 5.47. The van der Waals surface area contributed by atoms with E-state index in [0.29, 0.717) is 19.8 Å². The monoisotopic (exact) mass is 244 g/mol. The molecule has 1 aromatic heterocycles. The van der Waals surface area contributed by atoms with Crippen molar-refractivity contribution in [1.82, 2.24) is 9.78 Å². The van der Waals surface area contributed by atoms with Gasteiger partial charge >= 0.3 is 0 Å². The standard InChI is InChI=1S/C14H16N2O2/c1-10-8-11(2)16(15-10)9-12-4-3-5-13-14(12)18-7-6-17-13/h3-5,8H,6-7,9H2,1-2H3. The Morgan fingerprint density at radius 1 is 1.22 bits per heavy atom. The molecule has 0 amide bonds. The summed E-state index contributed by atoms with van der Waals surface area (Å²) in [6.45, 7) is 6.01. The summed E-state index contributed by atoms with van der Waals surface area (Å²) >= 11 is 0. The van der Waals surface area contributed by atoms with Crippen molar-refractivity contribution >= 4 is 0 Å². The van der Waals surface area contributed by atoms with Gasteiger partial charge in [-0.15, -0.1) is 0 Å². The fourth-order valence-corrected chi connectivity index (χ4v) is 2.25. The van der Waals surface area contributed by atoms with Gasteiger partial charge in [-0.1, -0.05) is 12.1 Å². The van der Waals surface area contributed by atoms with E-state index in [1.807, 2.05) is 23.7 Å². The van der Waals surface area contributed by atoms with E-state index in [1.54, 1.807) is 0 Å². The summed E-state index contributed by atoms with van der Waals surface area (Å²) in [4.78, 5) is 0. The molecule has 0 N–H and O–H groups in total. The summed E-state index contributed by atoms with van der Waals surface area (Å²) in [5.41, 5.74) is 3.30. The van der Waals surface area contributed by atoms with Gasteiger partial charge in [-0.05, 0) is 26.0 Å². The number of para-hydroxylation sites is 1. The number of aryl methyl sites for hydroxylation is 2. The van der Waals surface area contributed by atoms with Crippen molar-refractivity contribution < 1.29 is 9.47 Å². The van der Waals surface area contributed by atoms with Crippen molar-refractivity contribution in [2.45, 2.75) is 20.4 Å². The van der Waals surface area contributed by atoms with Crippen LogP contribution in [0.2, 0.25) is 0 Å². The fourth-order valence-electron chi connectivity index (χ4n) is 2.25. The van der Waals surface area contributed by atoms with Gasteiger partial charge in [-0.3, -0.25) is 4.68 Å². The smallest absolute Gasteiger partial charge is 0.166 e. The highest BCUT2D eigenvalue weighted by atomic mass is 16.6. The number of aromatic nitrogens is 2. The number of nitrogens with zero attached hydrogens (tertiary/aromatic N) is 2. The lowest BCUT2D eigenvalue weighted by Crippen LogP contribution is -2.17. The van der Waals surface area contributed by atoms with Crippen LogP contribution in [0.15, 0.2) is 24.3 Å².